The molecule has 0 spiro atoms. The molecule has 1 heterocycles. The molecule has 92 valence electrons. The molecule has 1 fully saturated rings. The van der Waals surface area contributed by atoms with Crippen LogP contribution in [0.25, 0.3) is 0 Å². The van der Waals surface area contributed by atoms with Gasteiger partial charge in [-0.1, -0.05) is 6.08 Å². The number of fused-ring (bicyclic) bond motifs is 1. The van der Waals surface area contributed by atoms with Gasteiger partial charge in [0.1, 0.15) is 11.7 Å². The van der Waals surface area contributed by atoms with Crippen LogP contribution in [0.2, 0.25) is 0 Å². The van der Waals surface area contributed by atoms with Crippen LogP contribution in [0.1, 0.15) is 12.8 Å². The van der Waals surface area contributed by atoms with Gasteiger partial charge in [0.2, 0.25) is 5.90 Å². The van der Waals surface area contributed by atoms with Crippen molar-refractivity contribution in [2.75, 3.05) is 14.2 Å². The number of carbonyl (C=O) groups excluding carboxylic acids is 2. The van der Waals surface area contributed by atoms with Crippen LogP contribution in [0.4, 0.5) is 0 Å². The molecule has 3 atom stereocenters. The van der Waals surface area contributed by atoms with Gasteiger partial charge >= 0.3 is 5.97 Å². The van der Waals surface area contributed by atoms with E-state index in [0.29, 0.717) is 18.7 Å². The third kappa shape index (κ3) is 2.09. The number of Topliss-reactive ketones (excluding diaryl/α,β-unsaturated/α-hetero) is 1. The number of methoxy groups -OCH3 is 2. The average Bonchev–Trinajstić information content (AvgIpc) is 2.37. The number of nitrogens with zero attached hydrogens (tertiary/aromatic N) is 1. The zero-order valence-corrected chi connectivity index (χ0v) is 9.88. The summed E-state index contributed by atoms with van der Waals surface area (Å²) in [6.45, 7) is 0. The number of hydrogen-bond acceptors (Lipinski definition) is 5. The van der Waals surface area contributed by atoms with Gasteiger partial charge in [-0.25, -0.2) is 4.99 Å². The van der Waals surface area contributed by atoms with E-state index in [9.17, 15) is 9.59 Å². The van der Waals surface area contributed by atoms with Crippen molar-refractivity contribution in [2.24, 2.45) is 16.8 Å². The summed E-state index contributed by atoms with van der Waals surface area (Å²) in [6.07, 6.45) is 4.56. The Labute approximate surface area is 99.5 Å². The summed E-state index contributed by atoms with van der Waals surface area (Å²) in [5.74, 6) is -0.881. The molecule has 0 N–H and O–H groups in total. The molecule has 3 unspecified atom stereocenters. The molecule has 1 aliphatic heterocycles. The van der Waals surface area contributed by atoms with Gasteiger partial charge in [0.25, 0.3) is 0 Å². The molecular weight excluding hydrogens is 222 g/mol. The van der Waals surface area contributed by atoms with E-state index in [1.807, 2.05) is 6.08 Å². The molecular formula is C12H15NO4. The van der Waals surface area contributed by atoms with Crippen molar-refractivity contribution in [3.05, 3.63) is 12.2 Å². The van der Waals surface area contributed by atoms with Crippen LogP contribution in [0.3, 0.4) is 0 Å². The summed E-state index contributed by atoms with van der Waals surface area (Å²) in [5.41, 5.74) is 0. The van der Waals surface area contributed by atoms with Gasteiger partial charge in [0.15, 0.2) is 0 Å². The lowest BCUT2D eigenvalue weighted by Gasteiger charge is -2.33. The van der Waals surface area contributed by atoms with E-state index < -0.39 is 11.9 Å². The summed E-state index contributed by atoms with van der Waals surface area (Å²) >= 11 is 0. The topological polar surface area (TPSA) is 65.0 Å². The van der Waals surface area contributed by atoms with Crippen molar-refractivity contribution in [2.45, 2.75) is 18.9 Å². The zero-order chi connectivity index (χ0) is 12.4. The number of aliphatic imine (C=N–C) groups is 1. The highest BCUT2D eigenvalue weighted by Gasteiger charge is 2.43. The number of rotatable bonds is 1. The van der Waals surface area contributed by atoms with E-state index in [1.54, 1.807) is 13.2 Å². The Morgan fingerprint density at radius 3 is 2.88 bits per heavy atom. The second-order valence-corrected chi connectivity index (χ2v) is 4.18. The van der Waals surface area contributed by atoms with Crippen molar-refractivity contribution in [1.82, 2.24) is 0 Å². The standard InChI is InChI=1S/C12H15NO4/c1-16-10-6-3-7-8(13-10)4-5-9(14)11(7)12(15)17-2/h3,6-8,11H,4-5H2,1-2H3. The smallest absolute Gasteiger partial charge is 0.316 e. The Bertz CT molecular complexity index is 391. The fourth-order valence-electron chi connectivity index (χ4n) is 2.40. The first-order valence-corrected chi connectivity index (χ1v) is 5.58. The number of carbonyl (C=O) groups is 2. The highest BCUT2D eigenvalue weighted by atomic mass is 16.5. The summed E-state index contributed by atoms with van der Waals surface area (Å²) in [7, 11) is 2.85. The predicted octanol–water partition coefficient (Wildman–Crippen LogP) is 0.738. The van der Waals surface area contributed by atoms with Crippen molar-refractivity contribution in [3.63, 3.8) is 0 Å². The normalized spacial score (nSPS) is 31.5. The second-order valence-electron chi connectivity index (χ2n) is 4.18. The third-order valence-electron chi connectivity index (χ3n) is 3.28. The van der Waals surface area contributed by atoms with E-state index >= 15 is 0 Å². The summed E-state index contributed by atoms with van der Waals surface area (Å²) < 4.78 is 9.74. The van der Waals surface area contributed by atoms with Gasteiger partial charge in [-0.2, -0.15) is 0 Å². The van der Waals surface area contributed by atoms with Crippen LogP contribution in [-0.4, -0.2) is 37.9 Å². The minimum atomic E-state index is -0.711. The van der Waals surface area contributed by atoms with Gasteiger partial charge in [0.05, 0.1) is 20.3 Å². The Kier molecular flexibility index (Phi) is 3.26. The van der Waals surface area contributed by atoms with Crippen molar-refractivity contribution >= 4 is 17.7 Å². The summed E-state index contributed by atoms with van der Waals surface area (Å²) in [5, 5.41) is 0. The van der Waals surface area contributed by atoms with Crippen LogP contribution in [0, 0.1) is 11.8 Å². The number of dihydropyridines is 1. The van der Waals surface area contributed by atoms with Gasteiger partial charge in [0, 0.05) is 12.3 Å². The van der Waals surface area contributed by atoms with Gasteiger partial charge in [-0.15, -0.1) is 0 Å². The quantitative estimate of drug-likeness (QED) is 0.498. The molecule has 0 radical (unpaired) electrons. The van der Waals surface area contributed by atoms with Crippen LogP contribution >= 0.6 is 0 Å². The fourth-order valence-corrected chi connectivity index (χ4v) is 2.40. The van der Waals surface area contributed by atoms with Gasteiger partial charge < -0.3 is 9.47 Å². The minimum absolute atomic E-state index is 0.0567. The van der Waals surface area contributed by atoms with E-state index in [2.05, 4.69) is 9.73 Å². The van der Waals surface area contributed by atoms with Crippen LogP contribution < -0.4 is 0 Å². The van der Waals surface area contributed by atoms with Crippen molar-refractivity contribution in [1.29, 1.82) is 0 Å². The number of esters is 1. The maximum Gasteiger partial charge on any atom is 0.316 e. The molecule has 2 aliphatic rings. The molecule has 5 nitrogen and oxygen atoms in total. The Hall–Kier alpha value is -1.65. The van der Waals surface area contributed by atoms with Crippen molar-refractivity contribution < 1.29 is 19.1 Å². The maximum absolute atomic E-state index is 11.8. The lowest BCUT2D eigenvalue weighted by molar-refractivity contribution is -0.152. The lowest BCUT2D eigenvalue weighted by Crippen LogP contribution is -2.43. The Morgan fingerprint density at radius 1 is 1.47 bits per heavy atom. The summed E-state index contributed by atoms with van der Waals surface area (Å²) in [4.78, 5) is 27.8. The van der Waals surface area contributed by atoms with E-state index in [1.165, 1.54) is 7.11 Å². The molecule has 17 heavy (non-hydrogen) atoms. The van der Waals surface area contributed by atoms with Gasteiger partial charge in [-0.3, -0.25) is 9.59 Å². The Balaban J connectivity index is 2.24. The largest absolute Gasteiger partial charge is 0.481 e. The highest BCUT2D eigenvalue weighted by Crippen LogP contribution is 2.34. The Morgan fingerprint density at radius 2 is 2.24 bits per heavy atom. The van der Waals surface area contributed by atoms with Gasteiger partial charge in [-0.05, 0) is 12.5 Å². The third-order valence-corrected chi connectivity index (χ3v) is 3.28. The molecule has 0 bridgehead atoms. The fraction of sp³-hybridized carbons (Fsp3) is 0.583. The highest BCUT2D eigenvalue weighted by molar-refractivity contribution is 6.01. The molecule has 2 rings (SSSR count). The van der Waals surface area contributed by atoms with Crippen molar-refractivity contribution in [3.8, 4) is 0 Å². The number of hydrogen-bond donors (Lipinski definition) is 0. The molecule has 1 aliphatic carbocycles. The SMILES string of the molecule is COC(=O)C1C(=O)CCC2N=C(OC)C=CC21. The monoisotopic (exact) mass is 237 g/mol. The zero-order valence-electron chi connectivity index (χ0n) is 9.88. The van der Waals surface area contributed by atoms with Crippen LogP contribution in [0.5, 0.6) is 0 Å². The molecule has 0 aromatic heterocycles. The minimum Gasteiger partial charge on any atom is -0.481 e. The molecule has 0 amide bonds. The first kappa shape index (κ1) is 11.8. The van der Waals surface area contributed by atoms with Crippen LogP contribution in [-0.2, 0) is 19.1 Å². The molecule has 5 heteroatoms. The summed E-state index contributed by atoms with van der Waals surface area (Å²) in [6, 6.07) is -0.0586. The first-order valence-electron chi connectivity index (χ1n) is 5.58. The second kappa shape index (κ2) is 4.69. The molecule has 0 saturated heterocycles. The molecule has 0 aromatic carbocycles. The molecule has 1 saturated carbocycles. The lowest BCUT2D eigenvalue weighted by atomic mass is 9.74. The number of ketones is 1. The predicted molar refractivity (Wildman–Crippen MR) is 60.6 cm³/mol. The van der Waals surface area contributed by atoms with E-state index in [0.717, 1.165) is 0 Å². The van der Waals surface area contributed by atoms with E-state index in [4.69, 9.17) is 4.74 Å². The van der Waals surface area contributed by atoms with E-state index in [-0.39, 0.29) is 17.7 Å². The maximum atomic E-state index is 11.8. The number of ether oxygens (including phenoxy) is 2. The first-order chi connectivity index (χ1) is 8.17. The average molecular weight is 237 g/mol. The molecule has 0 aromatic rings. The van der Waals surface area contributed by atoms with Crippen LogP contribution in [0.15, 0.2) is 17.1 Å².